The molecule has 0 aliphatic rings. The number of aliphatic imine (C=N–C) groups is 1. The van der Waals surface area contributed by atoms with Crippen LogP contribution in [0.3, 0.4) is 0 Å². The Morgan fingerprint density at radius 1 is 0.821 bits per heavy atom. The topological polar surface area (TPSA) is 137 Å². The molecule has 0 spiro atoms. The van der Waals surface area contributed by atoms with E-state index in [4.69, 9.17) is 18.9 Å². The van der Waals surface area contributed by atoms with Gasteiger partial charge < -0.3 is 24.3 Å². The molecule has 0 atom stereocenters. The van der Waals surface area contributed by atoms with Crippen molar-refractivity contribution in [2.45, 2.75) is 78.4 Å². The summed E-state index contributed by atoms with van der Waals surface area (Å²) in [6, 6.07) is 5.41. The van der Waals surface area contributed by atoms with Gasteiger partial charge in [0.25, 0.3) is 0 Å². The van der Waals surface area contributed by atoms with Crippen LogP contribution in [0.1, 0.15) is 72.8 Å². The summed E-state index contributed by atoms with van der Waals surface area (Å²) in [7, 11) is 3.13. The number of nitrogens with one attached hydrogen (secondary N) is 3. The molecule has 0 heterocycles. The highest BCUT2D eigenvalue weighted by Crippen LogP contribution is 2.27. The third-order valence-corrected chi connectivity index (χ3v) is 4.73. The summed E-state index contributed by atoms with van der Waals surface area (Å²) < 4.78 is 20.9. The van der Waals surface area contributed by atoms with E-state index in [0.717, 1.165) is 31.2 Å². The standard InChI is InChI=1S/C28H44N4O7/c1-27(2,3)38-25(34)31-24(32-26(35)39-28(4,5)6)30-18-12-10-9-11-17-29-23(33)16-14-20-13-15-21(36-7)22(19-20)37-8/h13-16,19H,9-12,17-18H2,1-8H3,(H,29,33)(H2,30,31,32,34,35)/b16-14+. The van der Waals surface area contributed by atoms with E-state index >= 15 is 0 Å². The van der Waals surface area contributed by atoms with Gasteiger partial charge >= 0.3 is 12.2 Å². The summed E-state index contributed by atoms with van der Waals surface area (Å²) in [4.78, 5) is 40.6. The molecule has 3 N–H and O–H groups in total. The first-order valence-corrected chi connectivity index (χ1v) is 12.9. The summed E-state index contributed by atoms with van der Waals surface area (Å²) in [5.74, 6) is 1.00. The van der Waals surface area contributed by atoms with Crippen LogP contribution >= 0.6 is 0 Å². The highest BCUT2D eigenvalue weighted by molar-refractivity contribution is 6.01. The van der Waals surface area contributed by atoms with Gasteiger partial charge in [-0.25, -0.2) is 9.59 Å². The van der Waals surface area contributed by atoms with Crippen LogP contribution < -0.4 is 25.4 Å². The minimum absolute atomic E-state index is 0.0352. The second-order valence-corrected chi connectivity index (χ2v) is 10.6. The van der Waals surface area contributed by atoms with E-state index < -0.39 is 23.4 Å². The van der Waals surface area contributed by atoms with Crippen molar-refractivity contribution in [2.75, 3.05) is 27.3 Å². The van der Waals surface area contributed by atoms with Gasteiger partial charge in [0, 0.05) is 19.2 Å². The third-order valence-electron chi connectivity index (χ3n) is 4.73. The number of rotatable bonds is 11. The van der Waals surface area contributed by atoms with Gasteiger partial charge in [-0.05, 0) is 78.2 Å². The first-order valence-electron chi connectivity index (χ1n) is 12.9. The van der Waals surface area contributed by atoms with Crippen LogP contribution in [0.5, 0.6) is 11.5 Å². The number of alkyl carbamates (subject to hydrolysis) is 2. The predicted molar refractivity (Wildman–Crippen MR) is 151 cm³/mol. The Labute approximate surface area is 231 Å². The number of amides is 3. The van der Waals surface area contributed by atoms with E-state index in [0.29, 0.717) is 24.6 Å². The van der Waals surface area contributed by atoms with E-state index in [2.05, 4.69) is 20.9 Å². The van der Waals surface area contributed by atoms with Crippen LogP contribution in [0, 0.1) is 0 Å². The second kappa shape index (κ2) is 16.3. The normalized spacial score (nSPS) is 11.4. The lowest BCUT2D eigenvalue weighted by atomic mass is 10.2. The van der Waals surface area contributed by atoms with Gasteiger partial charge in [0.2, 0.25) is 11.9 Å². The molecule has 1 aromatic carbocycles. The van der Waals surface area contributed by atoms with Gasteiger partial charge in [-0.15, -0.1) is 0 Å². The summed E-state index contributed by atoms with van der Waals surface area (Å²) in [5.41, 5.74) is -0.574. The zero-order valence-electron chi connectivity index (χ0n) is 24.4. The van der Waals surface area contributed by atoms with E-state index in [1.807, 2.05) is 6.07 Å². The summed E-state index contributed by atoms with van der Waals surface area (Å²) in [6.45, 7) is 11.3. The Morgan fingerprint density at radius 2 is 1.38 bits per heavy atom. The van der Waals surface area contributed by atoms with Crippen LogP contribution in [0.15, 0.2) is 29.3 Å². The molecular weight excluding hydrogens is 504 g/mol. The lowest BCUT2D eigenvalue weighted by molar-refractivity contribution is -0.116. The smallest absolute Gasteiger partial charge is 0.414 e. The SMILES string of the molecule is COc1ccc(/C=C/C(=O)NCCCCCCN=C(NC(=O)OC(C)(C)C)NC(=O)OC(C)(C)C)cc1OC. The van der Waals surface area contributed by atoms with Crippen LogP contribution in [-0.2, 0) is 14.3 Å². The number of hydrogen-bond acceptors (Lipinski definition) is 8. The monoisotopic (exact) mass is 548 g/mol. The molecule has 39 heavy (non-hydrogen) atoms. The zero-order valence-corrected chi connectivity index (χ0v) is 24.4. The molecule has 0 radical (unpaired) electrons. The highest BCUT2D eigenvalue weighted by Gasteiger charge is 2.21. The molecule has 0 fully saturated rings. The number of ether oxygens (including phenoxy) is 4. The number of nitrogens with zero attached hydrogens (tertiary/aromatic N) is 1. The number of guanidine groups is 1. The van der Waals surface area contributed by atoms with Crippen molar-refractivity contribution in [1.82, 2.24) is 16.0 Å². The van der Waals surface area contributed by atoms with Crippen molar-refractivity contribution >= 4 is 30.1 Å². The van der Waals surface area contributed by atoms with Crippen molar-refractivity contribution < 1.29 is 33.3 Å². The zero-order chi connectivity index (χ0) is 29.5. The molecule has 3 amide bonds. The van der Waals surface area contributed by atoms with E-state index in [-0.39, 0.29) is 11.9 Å². The number of carbonyl (C=O) groups is 3. The number of carbonyl (C=O) groups excluding carboxylic acids is 3. The van der Waals surface area contributed by atoms with Crippen LogP contribution in [0.2, 0.25) is 0 Å². The molecule has 1 rings (SSSR count). The quantitative estimate of drug-likeness (QED) is 0.156. The van der Waals surface area contributed by atoms with Crippen LogP contribution in [-0.4, -0.2) is 62.6 Å². The van der Waals surface area contributed by atoms with Gasteiger partial charge in [0.05, 0.1) is 14.2 Å². The van der Waals surface area contributed by atoms with Gasteiger partial charge in [-0.2, -0.15) is 0 Å². The van der Waals surface area contributed by atoms with Crippen molar-refractivity contribution in [3.05, 3.63) is 29.8 Å². The minimum Gasteiger partial charge on any atom is -0.493 e. The van der Waals surface area contributed by atoms with Gasteiger partial charge in [0.1, 0.15) is 11.2 Å². The maximum atomic E-state index is 12.1. The lowest BCUT2D eigenvalue weighted by Gasteiger charge is -2.22. The lowest BCUT2D eigenvalue weighted by Crippen LogP contribution is -2.47. The fourth-order valence-electron chi connectivity index (χ4n) is 3.09. The number of unbranched alkanes of at least 4 members (excludes halogenated alkanes) is 3. The molecule has 0 aliphatic carbocycles. The van der Waals surface area contributed by atoms with E-state index in [9.17, 15) is 14.4 Å². The molecule has 11 nitrogen and oxygen atoms in total. The van der Waals surface area contributed by atoms with E-state index in [1.165, 1.54) is 6.08 Å². The van der Waals surface area contributed by atoms with Crippen molar-refractivity contribution in [3.8, 4) is 11.5 Å². The Morgan fingerprint density at radius 3 is 1.92 bits per heavy atom. The molecule has 0 aliphatic heterocycles. The third kappa shape index (κ3) is 15.9. The van der Waals surface area contributed by atoms with Crippen LogP contribution in [0.25, 0.3) is 6.08 Å². The summed E-state index contributed by atoms with van der Waals surface area (Å²) in [5, 5.41) is 7.78. The summed E-state index contributed by atoms with van der Waals surface area (Å²) >= 11 is 0. The Bertz CT molecular complexity index is 976. The Hall–Kier alpha value is -3.76. The Balaban J connectivity index is 2.43. The molecule has 0 bridgehead atoms. The first kappa shape index (κ1) is 33.3. The maximum absolute atomic E-state index is 12.1. The molecule has 0 saturated carbocycles. The molecule has 0 unspecified atom stereocenters. The van der Waals surface area contributed by atoms with Gasteiger partial charge in [0.15, 0.2) is 11.5 Å². The summed E-state index contributed by atoms with van der Waals surface area (Å²) in [6.07, 6.45) is 5.00. The molecule has 0 saturated heterocycles. The molecule has 218 valence electrons. The largest absolute Gasteiger partial charge is 0.493 e. The average Bonchev–Trinajstić information content (AvgIpc) is 2.81. The maximum Gasteiger partial charge on any atom is 0.414 e. The number of methoxy groups -OCH3 is 2. The molecule has 1 aromatic rings. The Kier molecular flexibility index (Phi) is 13.9. The highest BCUT2D eigenvalue weighted by atomic mass is 16.6. The molecule has 0 aromatic heterocycles. The molecular formula is C28H44N4O7. The number of benzene rings is 1. The average molecular weight is 549 g/mol. The second-order valence-electron chi connectivity index (χ2n) is 10.6. The van der Waals surface area contributed by atoms with Crippen molar-refractivity contribution in [2.24, 2.45) is 4.99 Å². The van der Waals surface area contributed by atoms with Gasteiger partial charge in [-0.1, -0.05) is 18.9 Å². The van der Waals surface area contributed by atoms with Gasteiger partial charge in [-0.3, -0.25) is 20.4 Å². The van der Waals surface area contributed by atoms with Crippen LogP contribution in [0.4, 0.5) is 9.59 Å². The molecule has 11 heteroatoms. The minimum atomic E-state index is -0.728. The first-order chi connectivity index (χ1) is 18.2. The van der Waals surface area contributed by atoms with Crippen molar-refractivity contribution in [3.63, 3.8) is 0 Å². The van der Waals surface area contributed by atoms with E-state index in [1.54, 1.807) is 74.0 Å². The van der Waals surface area contributed by atoms with Crippen molar-refractivity contribution in [1.29, 1.82) is 0 Å². The fraction of sp³-hybridized carbons (Fsp3) is 0.571. The predicted octanol–water partition coefficient (Wildman–Crippen LogP) is 4.80. The fourth-order valence-corrected chi connectivity index (χ4v) is 3.09. The number of hydrogen-bond donors (Lipinski definition) is 3.